The Morgan fingerprint density at radius 1 is 1.29 bits per heavy atom. The van der Waals surface area contributed by atoms with E-state index in [-0.39, 0.29) is 0 Å². The Labute approximate surface area is 82.5 Å². The van der Waals surface area contributed by atoms with E-state index in [0.29, 0.717) is 6.61 Å². The molecule has 0 bridgehead atoms. The average Bonchev–Trinajstić information content (AvgIpc) is 2.19. The minimum Gasteiger partial charge on any atom is -0.300 e. The third-order valence-electron chi connectivity index (χ3n) is 2.14. The van der Waals surface area contributed by atoms with Crippen molar-refractivity contribution in [1.29, 1.82) is 0 Å². The van der Waals surface area contributed by atoms with Crippen molar-refractivity contribution in [2.75, 3.05) is 0 Å². The Balaban J connectivity index is 2.50. The molecule has 2 N–H and O–H groups in total. The fraction of sp³-hybridized carbons (Fsp3) is 0.182. The largest absolute Gasteiger partial charge is 0.300 e. The molecule has 1 aromatic carbocycles. The van der Waals surface area contributed by atoms with Crippen LogP contribution >= 0.6 is 0 Å². The van der Waals surface area contributed by atoms with Gasteiger partial charge in [-0.05, 0) is 30.7 Å². The summed E-state index contributed by atoms with van der Waals surface area (Å²) in [6.07, 6.45) is 0. The minimum atomic E-state index is 0.434. The maximum Gasteiger partial charge on any atom is 0.0930 e. The molecule has 0 amide bonds. The predicted octanol–water partition coefficient (Wildman–Crippen LogP) is 1.93. The van der Waals surface area contributed by atoms with Gasteiger partial charge in [-0.1, -0.05) is 12.1 Å². The number of rotatable bonds is 2. The van der Waals surface area contributed by atoms with Gasteiger partial charge >= 0.3 is 0 Å². The molecule has 3 nitrogen and oxygen atoms in total. The van der Waals surface area contributed by atoms with Gasteiger partial charge in [0.25, 0.3) is 0 Å². The molecule has 0 spiro atoms. The van der Waals surface area contributed by atoms with Gasteiger partial charge in [0.2, 0.25) is 0 Å². The lowest BCUT2D eigenvalue weighted by molar-refractivity contribution is 0.124. The summed E-state index contributed by atoms with van der Waals surface area (Å²) >= 11 is 0. The van der Waals surface area contributed by atoms with Crippen LogP contribution < -0.4 is 5.90 Å². The van der Waals surface area contributed by atoms with Crippen LogP contribution in [-0.2, 0) is 11.4 Å². The zero-order chi connectivity index (χ0) is 9.97. The summed E-state index contributed by atoms with van der Waals surface area (Å²) in [5, 5.41) is 1.12. The molecule has 1 heterocycles. The van der Waals surface area contributed by atoms with Gasteiger partial charge in [-0.2, -0.15) is 0 Å². The fourth-order valence-corrected chi connectivity index (χ4v) is 1.46. The van der Waals surface area contributed by atoms with Crippen LogP contribution in [0.25, 0.3) is 10.9 Å². The lowest BCUT2D eigenvalue weighted by Crippen LogP contribution is -1.98. The highest BCUT2D eigenvalue weighted by Crippen LogP contribution is 2.14. The minimum absolute atomic E-state index is 0.434. The molecule has 0 aliphatic carbocycles. The maximum atomic E-state index is 5.01. The molecule has 2 rings (SSSR count). The van der Waals surface area contributed by atoms with Crippen molar-refractivity contribution >= 4 is 10.9 Å². The predicted molar refractivity (Wildman–Crippen MR) is 55.5 cm³/mol. The lowest BCUT2D eigenvalue weighted by atomic mass is 10.1. The van der Waals surface area contributed by atoms with Gasteiger partial charge in [0.05, 0.1) is 12.1 Å². The van der Waals surface area contributed by atoms with E-state index in [1.165, 1.54) is 0 Å². The number of fused-ring (bicyclic) bond motifs is 1. The van der Waals surface area contributed by atoms with Crippen LogP contribution in [0.15, 0.2) is 30.3 Å². The lowest BCUT2D eigenvalue weighted by Gasteiger charge is -2.02. The molecule has 0 fully saturated rings. The third-order valence-corrected chi connectivity index (χ3v) is 2.14. The zero-order valence-electron chi connectivity index (χ0n) is 8.03. The summed E-state index contributed by atoms with van der Waals surface area (Å²) in [6.45, 7) is 2.42. The Morgan fingerprint density at radius 3 is 2.93 bits per heavy atom. The van der Waals surface area contributed by atoms with E-state index in [9.17, 15) is 0 Å². The van der Waals surface area contributed by atoms with Crippen molar-refractivity contribution in [2.24, 2.45) is 5.90 Å². The SMILES string of the molecule is Cc1ccc2cc(CON)ccc2n1. The second-order valence-electron chi connectivity index (χ2n) is 3.29. The van der Waals surface area contributed by atoms with Gasteiger partial charge in [-0.15, -0.1) is 0 Å². The standard InChI is InChI=1S/C11H12N2O/c1-8-2-4-10-6-9(7-14-12)3-5-11(10)13-8/h2-6H,7,12H2,1H3. The normalized spacial score (nSPS) is 10.7. The van der Waals surface area contributed by atoms with Crippen molar-refractivity contribution < 1.29 is 4.84 Å². The molecule has 1 aromatic heterocycles. The first-order valence-electron chi connectivity index (χ1n) is 4.47. The first-order valence-corrected chi connectivity index (χ1v) is 4.47. The first kappa shape index (κ1) is 9.12. The quantitative estimate of drug-likeness (QED) is 0.732. The van der Waals surface area contributed by atoms with Crippen LogP contribution in [0.3, 0.4) is 0 Å². The summed E-state index contributed by atoms with van der Waals surface area (Å²) in [7, 11) is 0. The molecular weight excluding hydrogens is 176 g/mol. The van der Waals surface area contributed by atoms with Gasteiger partial charge in [0.1, 0.15) is 0 Å². The maximum absolute atomic E-state index is 5.01. The van der Waals surface area contributed by atoms with Crippen LogP contribution in [0.4, 0.5) is 0 Å². The highest BCUT2D eigenvalue weighted by molar-refractivity contribution is 5.79. The van der Waals surface area contributed by atoms with Gasteiger partial charge in [-0.3, -0.25) is 9.82 Å². The molecule has 0 unspecified atom stereocenters. The summed E-state index contributed by atoms with van der Waals surface area (Å²) in [6, 6.07) is 10.0. The van der Waals surface area contributed by atoms with Gasteiger partial charge in [0.15, 0.2) is 0 Å². The van der Waals surface area contributed by atoms with Gasteiger partial charge in [0, 0.05) is 11.1 Å². The molecule has 72 valence electrons. The monoisotopic (exact) mass is 188 g/mol. The molecule has 14 heavy (non-hydrogen) atoms. The first-order chi connectivity index (χ1) is 6.79. The van der Waals surface area contributed by atoms with E-state index in [0.717, 1.165) is 22.2 Å². The highest BCUT2D eigenvalue weighted by atomic mass is 16.6. The van der Waals surface area contributed by atoms with Gasteiger partial charge < -0.3 is 0 Å². The van der Waals surface area contributed by atoms with E-state index in [4.69, 9.17) is 5.90 Å². The summed E-state index contributed by atoms with van der Waals surface area (Å²) in [5.74, 6) is 5.01. The smallest absolute Gasteiger partial charge is 0.0930 e. The Morgan fingerprint density at radius 2 is 2.14 bits per heavy atom. The van der Waals surface area contributed by atoms with Crippen LogP contribution in [0.2, 0.25) is 0 Å². The molecule has 0 saturated carbocycles. The number of aromatic nitrogens is 1. The number of hydrogen-bond acceptors (Lipinski definition) is 3. The average molecular weight is 188 g/mol. The van der Waals surface area contributed by atoms with Crippen LogP contribution in [-0.4, -0.2) is 4.98 Å². The summed E-state index contributed by atoms with van der Waals surface area (Å²) in [5.41, 5.74) is 3.09. The van der Waals surface area contributed by atoms with E-state index in [2.05, 4.69) is 15.9 Å². The number of hydrogen-bond donors (Lipinski definition) is 1. The molecule has 3 heteroatoms. The topological polar surface area (TPSA) is 48.1 Å². The van der Waals surface area contributed by atoms with E-state index in [1.54, 1.807) is 0 Å². The van der Waals surface area contributed by atoms with Crippen molar-refractivity contribution in [2.45, 2.75) is 13.5 Å². The second-order valence-corrected chi connectivity index (χ2v) is 3.29. The number of nitrogens with two attached hydrogens (primary N) is 1. The number of nitrogens with zero attached hydrogens (tertiary/aromatic N) is 1. The Kier molecular flexibility index (Phi) is 2.43. The molecule has 0 aliphatic heterocycles. The Hall–Kier alpha value is -1.45. The molecule has 0 saturated heterocycles. The third kappa shape index (κ3) is 1.73. The molecule has 2 aromatic rings. The van der Waals surface area contributed by atoms with Crippen molar-refractivity contribution in [3.63, 3.8) is 0 Å². The fourth-order valence-electron chi connectivity index (χ4n) is 1.46. The summed E-state index contributed by atoms with van der Waals surface area (Å²) in [4.78, 5) is 8.98. The molecule has 0 atom stereocenters. The zero-order valence-corrected chi connectivity index (χ0v) is 8.03. The number of pyridine rings is 1. The van der Waals surface area contributed by atoms with E-state index >= 15 is 0 Å². The summed E-state index contributed by atoms with van der Waals surface area (Å²) < 4.78 is 0. The van der Waals surface area contributed by atoms with Gasteiger partial charge in [-0.25, -0.2) is 5.90 Å². The molecular formula is C11H12N2O. The van der Waals surface area contributed by atoms with E-state index in [1.807, 2.05) is 31.2 Å². The van der Waals surface area contributed by atoms with Crippen molar-refractivity contribution in [3.05, 3.63) is 41.6 Å². The second kappa shape index (κ2) is 3.74. The van der Waals surface area contributed by atoms with Crippen molar-refractivity contribution in [3.8, 4) is 0 Å². The molecule has 0 radical (unpaired) electrons. The van der Waals surface area contributed by atoms with E-state index < -0.39 is 0 Å². The number of benzene rings is 1. The van der Waals surface area contributed by atoms with Crippen LogP contribution in [0.1, 0.15) is 11.3 Å². The van der Waals surface area contributed by atoms with Crippen molar-refractivity contribution in [1.82, 2.24) is 4.98 Å². The molecule has 0 aliphatic rings. The number of aryl methyl sites for hydroxylation is 1. The van der Waals surface area contributed by atoms with Crippen LogP contribution in [0.5, 0.6) is 0 Å². The highest BCUT2D eigenvalue weighted by Gasteiger charge is 1.97. The Bertz CT molecular complexity index is 454. The van der Waals surface area contributed by atoms with Crippen LogP contribution in [0, 0.1) is 6.92 Å².